The van der Waals surface area contributed by atoms with Crippen molar-refractivity contribution in [2.45, 2.75) is 130 Å². The zero-order valence-corrected chi connectivity index (χ0v) is 17.0. The van der Waals surface area contributed by atoms with Crippen LogP contribution in [0.25, 0.3) is 0 Å². The third-order valence-electron chi connectivity index (χ3n) is 5.34. The molecular formula is C23H47. The van der Waals surface area contributed by atoms with Crippen LogP contribution in [0.5, 0.6) is 0 Å². The van der Waals surface area contributed by atoms with Crippen molar-refractivity contribution in [3.05, 3.63) is 6.42 Å². The number of unbranched alkanes of at least 4 members (excludes halogenated alkanes) is 9. The van der Waals surface area contributed by atoms with E-state index in [0.29, 0.717) is 0 Å². The summed E-state index contributed by atoms with van der Waals surface area (Å²) in [5.74, 6) is 1.78. The van der Waals surface area contributed by atoms with Gasteiger partial charge in [0.05, 0.1) is 0 Å². The summed E-state index contributed by atoms with van der Waals surface area (Å²) in [7, 11) is 0. The van der Waals surface area contributed by atoms with Crippen molar-refractivity contribution >= 4 is 0 Å². The highest BCUT2D eigenvalue weighted by molar-refractivity contribution is 4.83. The van der Waals surface area contributed by atoms with E-state index >= 15 is 0 Å². The minimum atomic E-state index is 0.883. The molecule has 0 aromatic heterocycles. The standard InChI is InChI=1S/C23H47/c1-5-9-11-13-15-16-19-22(8-4)21-23(18-7-3)20-17-14-12-10-6-2/h21-23H,5-20H2,1-4H3. The fourth-order valence-corrected chi connectivity index (χ4v) is 3.73. The van der Waals surface area contributed by atoms with Crippen molar-refractivity contribution in [2.75, 3.05) is 0 Å². The fraction of sp³-hybridized carbons (Fsp3) is 0.957. The number of hydrogen-bond donors (Lipinski definition) is 0. The minimum Gasteiger partial charge on any atom is -0.0654 e. The maximum absolute atomic E-state index is 2.76. The number of hydrogen-bond acceptors (Lipinski definition) is 0. The van der Waals surface area contributed by atoms with Gasteiger partial charge in [-0.25, -0.2) is 0 Å². The lowest BCUT2D eigenvalue weighted by Crippen LogP contribution is -2.10. The van der Waals surface area contributed by atoms with E-state index in [0.717, 1.165) is 11.8 Å². The molecule has 1 radical (unpaired) electrons. The quantitative estimate of drug-likeness (QED) is 0.221. The Labute approximate surface area is 149 Å². The largest absolute Gasteiger partial charge is 0.0654 e. The van der Waals surface area contributed by atoms with E-state index in [-0.39, 0.29) is 0 Å². The topological polar surface area (TPSA) is 0 Å². The molecule has 0 heterocycles. The zero-order chi connectivity index (χ0) is 17.2. The van der Waals surface area contributed by atoms with Crippen molar-refractivity contribution in [1.29, 1.82) is 0 Å². The molecule has 0 aliphatic heterocycles. The molecule has 0 fully saturated rings. The van der Waals surface area contributed by atoms with Crippen molar-refractivity contribution in [1.82, 2.24) is 0 Å². The van der Waals surface area contributed by atoms with Crippen LogP contribution < -0.4 is 0 Å². The van der Waals surface area contributed by atoms with Gasteiger partial charge < -0.3 is 0 Å². The Morgan fingerprint density at radius 1 is 0.478 bits per heavy atom. The average molecular weight is 324 g/mol. The van der Waals surface area contributed by atoms with Crippen LogP contribution in [0.3, 0.4) is 0 Å². The maximum Gasteiger partial charge on any atom is -0.0324 e. The second-order valence-electron chi connectivity index (χ2n) is 7.67. The van der Waals surface area contributed by atoms with Crippen LogP contribution in [0.2, 0.25) is 0 Å². The molecule has 2 atom stereocenters. The molecule has 0 saturated heterocycles. The van der Waals surface area contributed by atoms with Crippen LogP contribution in [0.4, 0.5) is 0 Å². The molecule has 0 bridgehead atoms. The second-order valence-corrected chi connectivity index (χ2v) is 7.67. The van der Waals surface area contributed by atoms with Crippen molar-refractivity contribution in [3.8, 4) is 0 Å². The van der Waals surface area contributed by atoms with Crippen molar-refractivity contribution in [2.24, 2.45) is 11.8 Å². The third-order valence-corrected chi connectivity index (χ3v) is 5.34. The Balaban J connectivity index is 3.85. The van der Waals surface area contributed by atoms with Gasteiger partial charge in [0.1, 0.15) is 0 Å². The Morgan fingerprint density at radius 3 is 1.43 bits per heavy atom. The van der Waals surface area contributed by atoms with Gasteiger partial charge in [-0.2, -0.15) is 0 Å². The summed E-state index contributed by atoms with van der Waals surface area (Å²) in [4.78, 5) is 0. The van der Waals surface area contributed by atoms with Crippen LogP contribution in [-0.4, -0.2) is 0 Å². The van der Waals surface area contributed by atoms with Gasteiger partial charge in [0.25, 0.3) is 0 Å². The van der Waals surface area contributed by atoms with Gasteiger partial charge in [-0.1, -0.05) is 130 Å². The first-order chi connectivity index (χ1) is 11.3. The Morgan fingerprint density at radius 2 is 0.957 bits per heavy atom. The van der Waals surface area contributed by atoms with Crippen molar-refractivity contribution in [3.63, 3.8) is 0 Å². The SMILES string of the molecule is CCCCCCCCC([CH]C(CCC)CCCCCCC)CC. The first-order valence-electron chi connectivity index (χ1n) is 11.1. The lowest BCUT2D eigenvalue weighted by molar-refractivity contribution is 0.388. The summed E-state index contributed by atoms with van der Waals surface area (Å²) >= 11 is 0. The van der Waals surface area contributed by atoms with E-state index in [4.69, 9.17) is 0 Å². The average Bonchev–Trinajstić information content (AvgIpc) is 2.56. The second kappa shape index (κ2) is 18.3. The van der Waals surface area contributed by atoms with Gasteiger partial charge >= 0.3 is 0 Å². The van der Waals surface area contributed by atoms with Gasteiger partial charge in [-0.3, -0.25) is 0 Å². The van der Waals surface area contributed by atoms with Gasteiger partial charge in [0, 0.05) is 0 Å². The molecule has 0 spiro atoms. The minimum absolute atomic E-state index is 0.883. The normalized spacial score (nSPS) is 14.1. The van der Waals surface area contributed by atoms with E-state index in [1.165, 1.54) is 103 Å². The molecule has 23 heavy (non-hydrogen) atoms. The van der Waals surface area contributed by atoms with Crippen LogP contribution in [0.1, 0.15) is 130 Å². The monoisotopic (exact) mass is 323 g/mol. The van der Waals surface area contributed by atoms with Gasteiger partial charge in [-0.05, 0) is 18.3 Å². The molecule has 0 saturated carbocycles. The van der Waals surface area contributed by atoms with E-state index in [1.54, 1.807) is 0 Å². The summed E-state index contributed by atoms with van der Waals surface area (Å²) in [5.41, 5.74) is 0. The molecule has 0 N–H and O–H groups in total. The number of rotatable bonds is 18. The summed E-state index contributed by atoms with van der Waals surface area (Å²) in [6, 6.07) is 0. The molecule has 0 aromatic carbocycles. The van der Waals surface area contributed by atoms with E-state index in [2.05, 4.69) is 34.1 Å². The lowest BCUT2D eigenvalue weighted by Gasteiger charge is -2.22. The molecule has 2 unspecified atom stereocenters. The van der Waals surface area contributed by atoms with Crippen molar-refractivity contribution < 1.29 is 0 Å². The van der Waals surface area contributed by atoms with E-state index < -0.39 is 0 Å². The van der Waals surface area contributed by atoms with E-state index in [1.807, 2.05) is 0 Å². The Hall–Kier alpha value is 0. The summed E-state index contributed by atoms with van der Waals surface area (Å²) in [6.07, 6.45) is 25.5. The highest BCUT2D eigenvalue weighted by Crippen LogP contribution is 2.27. The molecule has 139 valence electrons. The Kier molecular flexibility index (Phi) is 18.3. The highest BCUT2D eigenvalue weighted by atomic mass is 14.2. The summed E-state index contributed by atoms with van der Waals surface area (Å²) in [5, 5.41) is 0. The first-order valence-corrected chi connectivity index (χ1v) is 11.1. The molecule has 0 amide bonds. The summed E-state index contributed by atoms with van der Waals surface area (Å²) in [6.45, 7) is 9.36. The van der Waals surface area contributed by atoms with E-state index in [9.17, 15) is 0 Å². The molecular weight excluding hydrogens is 276 g/mol. The van der Waals surface area contributed by atoms with Crippen LogP contribution in [0.15, 0.2) is 0 Å². The van der Waals surface area contributed by atoms with Crippen LogP contribution in [-0.2, 0) is 0 Å². The molecule has 0 aromatic rings. The molecule has 0 rings (SSSR count). The molecule has 0 nitrogen and oxygen atoms in total. The molecule has 0 aliphatic carbocycles. The lowest BCUT2D eigenvalue weighted by atomic mass is 9.83. The molecule has 0 aliphatic rings. The van der Waals surface area contributed by atoms with Gasteiger partial charge in [-0.15, -0.1) is 0 Å². The maximum atomic E-state index is 2.76. The van der Waals surface area contributed by atoms with Crippen LogP contribution >= 0.6 is 0 Å². The summed E-state index contributed by atoms with van der Waals surface area (Å²) < 4.78 is 0. The zero-order valence-electron chi connectivity index (χ0n) is 17.0. The van der Waals surface area contributed by atoms with Gasteiger partial charge in [0.2, 0.25) is 0 Å². The fourth-order valence-electron chi connectivity index (χ4n) is 3.73. The predicted octanol–water partition coefficient (Wildman–Crippen LogP) is 8.74. The third kappa shape index (κ3) is 15.3. The smallest absolute Gasteiger partial charge is 0.0324 e. The Bertz CT molecular complexity index is 208. The highest BCUT2D eigenvalue weighted by Gasteiger charge is 2.15. The van der Waals surface area contributed by atoms with Crippen LogP contribution in [0, 0.1) is 18.3 Å². The van der Waals surface area contributed by atoms with Gasteiger partial charge in [0.15, 0.2) is 0 Å². The first kappa shape index (κ1) is 23.0. The predicted molar refractivity (Wildman–Crippen MR) is 108 cm³/mol. The molecule has 0 heteroatoms.